The summed E-state index contributed by atoms with van der Waals surface area (Å²) in [4.78, 5) is 22.9. The van der Waals surface area contributed by atoms with Crippen LogP contribution in [0.5, 0.6) is 0 Å². The van der Waals surface area contributed by atoms with Gasteiger partial charge in [-0.2, -0.15) is 0 Å². The van der Waals surface area contributed by atoms with Crippen molar-refractivity contribution in [2.75, 3.05) is 0 Å². The van der Waals surface area contributed by atoms with Crippen molar-refractivity contribution in [2.45, 2.75) is 13.3 Å². The molecule has 0 bridgehead atoms. The molecule has 0 aliphatic carbocycles. The third kappa shape index (κ3) is 4.42. The van der Waals surface area contributed by atoms with E-state index >= 15 is 0 Å². The number of nitrogens with zero attached hydrogens (tertiary/aromatic N) is 5. The minimum Gasteiger partial charge on any atom is -0.255 e. The smallest absolute Gasteiger partial charge is 0.0897 e. The topological polar surface area (TPSA) is 64.5 Å². The minimum absolute atomic E-state index is 0.733. The van der Waals surface area contributed by atoms with E-state index in [1.807, 2.05) is 73.9 Å². The maximum Gasteiger partial charge on any atom is 0.0897 e. The van der Waals surface area contributed by atoms with Gasteiger partial charge < -0.3 is 0 Å². The minimum atomic E-state index is 0.733. The molecule has 0 N–H and O–H groups in total. The second kappa shape index (κ2) is 8.86. The van der Waals surface area contributed by atoms with Gasteiger partial charge in [-0.05, 0) is 78.6 Å². The molecule has 0 atom stereocenters. The summed E-state index contributed by atoms with van der Waals surface area (Å²) in [6.45, 7) is 2.03. The predicted molar refractivity (Wildman–Crippen MR) is 126 cm³/mol. The van der Waals surface area contributed by atoms with E-state index in [1.54, 1.807) is 12.4 Å². The zero-order valence-corrected chi connectivity index (χ0v) is 17.7. The van der Waals surface area contributed by atoms with Crippen molar-refractivity contribution in [3.05, 3.63) is 114 Å². The lowest BCUT2D eigenvalue weighted by atomic mass is 10.0. The Morgan fingerprint density at radius 2 is 1.12 bits per heavy atom. The van der Waals surface area contributed by atoms with E-state index in [2.05, 4.69) is 38.1 Å². The zero-order valence-electron chi connectivity index (χ0n) is 17.7. The van der Waals surface area contributed by atoms with Crippen molar-refractivity contribution in [1.29, 1.82) is 0 Å². The van der Waals surface area contributed by atoms with Crippen LogP contribution in [0.4, 0.5) is 0 Å². The molecule has 0 amide bonds. The molecule has 0 aliphatic heterocycles. The molecular formula is C27H21N5. The Morgan fingerprint density at radius 3 is 1.62 bits per heavy atom. The van der Waals surface area contributed by atoms with E-state index in [0.29, 0.717) is 0 Å². The first-order valence-corrected chi connectivity index (χ1v) is 10.5. The summed E-state index contributed by atoms with van der Waals surface area (Å²) in [6.07, 6.45) is 8.08. The molecule has 0 saturated carbocycles. The van der Waals surface area contributed by atoms with Crippen LogP contribution >= 0.6 is 0 Å². The van der Waals surface area contributed by atoms with Gasteiger partial charge in [0.25, 0.3) is 0 Å². The quantitative estimate of drug-likeness (QED) is 0.376. The first-order valence-electron chi connectivity index (χ1n) is 10.5. The summed E-state index contributed by atoms with van der Waals surface area (Å²) in [7, 11) is 0. The van der Waals surface area contributed by atoms with Gasteiger partial charge in [0.1, 0.15) is 0 Å². The number of aromatic nitrogens is 5. The maximum atomic E-state index is 4.83. The Morgan fingerprint density at radius 1 is 0.531 bits per heavy atom. The molecule has 0 aromatic carbocycles. The Labute approximate surface area is 186 Å². The largest absolute Gasteiger partial charge is 0.255 e. The van der Waals surface area contributed by atoms with E-state index in [1.165, 1.54) is 0 Å². The lowest BCUT2D eigenvalue weighted by molar-refractivity contribution is 1.12. The molecule has 0 saturated heterocycles. The molecule has 5 nitrogen and oxygen atoms in total. The fourth-order valence-electron chi connectivity index (χ4n) is 3.52. The zero-order chi connectivity index (χ0) is 21.8. The van der Waals surface area contributed by atoms with Gasteiger partial charge in [0, 0.05) is 24.8 Å². The predicted octanol–water partition coefficient (Wildman–Crippen LogP) is 5.56. The number of pyridine rings is 5. The molecule has 5 heteroatoms. The second-order valence-corrected chi connectivity index (χ2v) is 7.63. The Hall–Kier alpha value is -4.25. The highest BCUT2D eigenvalue weighted by Crippen LogP contribution is 2.24. The monoisotopic (exact) mass is 415 g/mol. The van der Waals surface area contributed by atoms with Crippen LogP contribution in [0.1, 0.15) is 16.7 Å². The highest BCUT2D eigenvalue weighted by Gasteiger charge is 2.10. The molecule has 32 heavy (non-hydrogen) atoms. The molecule has 5 rings (SSSR count). The van der Waals surface area contributed by atoms with Crippen LogP contribution in [0.3, 0.4) is 0 Å². The number of rotatable bonds is 5. The van der Waals surface area contributed by atoms with Gasteiger partial charge >= 0.3 is 0 Å². The van der Waals surface area contributed by atoms with E-state index in [4.69, 9.17) is 4.98 Å². The second-order valence-electron chi connectivity index (χ2n) is 7.63. The number of hydrogen-bond acceptors (Lipinski definition) is 5. The van der Waals surface area contributed by atoms with Gasteiger partial charge in [-0.15, -0.1) is 0 Å². The first-order chi connectivity index (χ1) is 15.7. The molecule has 5 aromatic heterocycles. The van der Waals surface area contributed by atoms with Crippen LogP contribution in [0.15, 0.2) is 97.6 Å². The van der Waals surface area contributed by atoms with Crippen molar-refractivity contribution in [3.63, 3.8) is 0 Å². The maximum absolute atomic E-state index is 4.83. The summed E-state index contributed by atoms with van der Waals surface area (Å²) in [5.41, 5.74) is 8.46. The Balaban J connectivity index is 1.48. The van der Waals surface area contributed by atoms with Gasteiger partial charge in [0.2, 0.25) is 0 Å². The lowest BCUT2D eigenvalue weighted by Gasteiger charge is -2.09. The highest BCUT2D eigenvalue weighted by molar-refractivity contribution is 5.63. The van der Waals surface area contributed by atoms with Crippen LogP contribution in [0.2, 0.25) is 0 Å². The third-order valence-electron chi connectivity index (χ3n) is 5.15. The summed E-state index contributed by atoms with van der Waals surface area (Å²) >= 11 is 0. The number of hydrogen-bond donors (Lipinski definition) is 0. The van der Waals surface area contributed by atoms with Gasteiger partial charge in [0.15, 0.2) is 0 Å². The highest BCUT2D eigenvalue weighted by atomic mass is 14.8. The molecule has 5 aromatic rings. The molecule has 154 valence electrons. The Bertz CT molecular complexity index is 1260. The normalized spacial score (nSPS) is 10.8. The summed E-state index contributed by atoms with van der Waals surface area (Å²) in [5, 5.41) is 0. The molecular weight excluding hydrogens is 394 g/mol. The molecule has 5 heterocycles. The van der Waals surface area contributed by atoms with E-state index < -0.39 is 0 Å². The fraction of sp³-hybridized carbons (Fsp3) is 0.0741. The summed E-state index contributed by atoms with van der Waals surface area (Å²) in [6, 6.07) is 24.0. The van der Waals surface area contributed by atoms with Crippen LogP contribution in [-0.4, -0.2) is 24.9 Å². The molecule has 0 unspecified atom stereocenters. The van der Waals surface area contributed by atoms with Crippen LogP contribution < -0.4 is 0 Å². The fourth-order valence-corrected chi connectivity index (χ4v) is 3.52. The average Bonchev–Trinajstić information content (AvgIpc) is 2.86. The van der Waals surface area contributed by atoms with Crippen LogP contribution in [-0.2, 0) is 6.42 Å². The molecule has 0 fully saturated rings. The summed E-state index contributed by atoms with van der Waals surface area (Å²) < 4.78 is 0. The molecule has 0 spiro atoms. The van der Waals surface area contributed by atoms with Crippen molar-refractivity contribution in [1.82, 2.24) is 24.9 Å². The van der Waals surface area contributed by atoms with Gasteiger partial charge in [-0.3, -0.25) is 19.9 Å². The van der Waals surface area contributed by atoms with Crippen LogP contribution in [0.25, 0.3) is 34.2 Å². The van der Waals surface area contributed by atoms with Crippen molar-refractivity contribution in [3.8, 4) is 34.2 Å². The van der Waals surface area contributed by atoms with Gasteiger partial charge in [-0.25, -0.2) is 4.98 Å². The van der Waals surface area contributed by atoms with E-state index in [9.17, 15) is 0 Å². The number of aryl methyl sites for hydroxylation is 1. The van der Waals surface area contributed by atoms with E-state index in [-0.39, 0.29) is 0 Å². The lowest BCUT2D eigenvalue weighted by Crippen LogP contribution is -1.97. The third-order valence-corrected chi connectivity index (χ3v) is 5.15. The average molecular weight is 416 g/mol. The van der Waals surface area contributed by atoms with Crippen molar-refractivity contribution < 1.29 is 0 Å². The summed E-state index contributed by atoms with van der Waals surface area (Å²) in [5.74, 6) is 0. The van der Waals surface area contributed by atoms with E-state index in [0.717, 1.165) is 57.3 Å². The van der Waals surface area contributed by atoms with Crippen LogP contribution in [0, 0.1) is 6.92 Å². The first kappa shape index (κ1) is 19.7. The van der Waals surface area contributed by atoms with Crippen molar-refractivity contribution in [2.24, 2.45) is 0 Å². The Kier molecular flexibility index (Phi) is 5.45. The van der Waals surface area contributed by atoms with Crippen molar-refractivity contribution >= 4 is 0 Å². The SMILES string of the molecule is Cc1ccc(-c2ccc(Cc3cc(-c4ccccn4)nc(-c4ccccn4)c3)cn2)nc1. The van der Waals surface area contributed by atoms with Gasteiger partial charge in [0.05, 0.1) is 34.2 Å². The molecule has 0 aliphatic rings. The van der Waals surface area contributed by atoms with Gasteiger partial charge in [-0.1, -0.05) is 24.3 Å². The molecule has 0 radical (unpaired) electrons. The standard InChI is InChI=1S/C27H21N5/c1-19-8-10-24(30-17-19)25-11-9-20(18-31-25)14-21-15-26(22-6-2-4-12-28-22)32-27(16-21)23-7-3-5-13-29-23/h2-13,15-18H,14H2,1H3.